The largest absolute Gasteiger partial charge is 0.416 e. The topological polar surface area (TPSA) is 20.3 Å². The highest BCUT2D eigenvalue weighted by Gasteiger charge is 2.36. The van der Waals surface area contributed by atoms with Gasteiger partial charge in [0.05, 0.1) is 16.9 Å². The number of carbonyl (C=O) groups is 1. The molecule has 0 saturated carbocycles. The van der Waals surface area contributed by atoms with Crippen molar-refractivity contribution in [2.45, 2.75) is 17.7 Å². The van der Waals surface area contributed by atoms with Gasteiger partial charge in [0.25, 0.3) is 0 Å². The maximum Gasteiger partial charge on any atom is 0.416 e. The third-order valence-corrected chi connectivity index (χ3v) is 5.08. The van der Waals surface area contributed by atoms with Crippen molar-refractivity contribution in [3.8, 4) is 0 Å². The Labute approximate surface area is 148 Å². The predicted octanol–water partition coefficient (Wildman–Crippen LogP) is 5.50. The van der Waals surface area contributed by atoms with Crippen LogP contribution in [-0.4, -0.2) is 11.7 Å². The highest BCUT2D eigenvalue weighted by atomic mass is 32.2. The van der Waals surface area contributed by atoms with E-state index in [2.05, 4.69) is 0 Å². The summed E-state index contributed by atoms with van der Waals surface area (Å²) in [6.45, 7) is 0. The summed E-state index contributed by atoms with van der Waals surface area (Å²) in [6.07, 6.45) is -8.96. The lowest BCUT2D eigenvalue weighted by Gasteiger charge is -2.25. The molecule has 0 spiro atoms. The molecule has 0 aliphatic carbocycles. The highest BCUT2D eigenvalue weighted by molar-refractivity contribution is 8.00. The van der Waals surface area contributed by atoms with E-state index in [1.807, 2.05) is 0 Å². The Hall–Kier alpha value is -2.16. The van der Waals surface area contributed by atoms with Crippen molar-refractivity contribution >= 4 is 23.4 Å². The van der Waals surface area contributed by atoms with Crippen LogP contribution in [0.3, 0.4) is 0 Å². The van der Waals surface area contributed by atoms with Crippen LogP contribution in [0.1, 0.15) is 22.1 Å². The molecule has 26 heavy (non-hydrogen) atoms. The van der Waals surface area contributed by atoms with Gasteiger partial charge in [0.1, 0.15) is 5.37 Å². The monoisotopic (exact) mass is 391 g/mol. The van der Waals surface area contributed by atoms with Crippen LogP contribution in [0.4, 0.5) is 32.0 Å². The van der Waals surface area contributed by atoms with Crippen LogP contribution in [0, 0.1) is 0 Å². The second-order valence-corrected chi connectivity index (χ2v) is 6.66. The fourth-order valence-electron chi connectivity index (χ4n) is 2.60. The van der Waals surface area contributed by atoms with Gasteiger partial charge in [-0.05, 0) is 42.0 Å². The van der Waals surface area contributed by atoms with E-state index in [1.54, 1.807) is 0 Å². The summed E-state index contributed by atoms with van der Waals surface area (Å²) >= 11 is 1.20. The van der Waals surface area contributed by atoms with Gasteiger partial charge < -0.3 is 0 Å². The van der Waals surface area contributed by atoms with E-state index in [0.29, 0.717) is 5.56 Å². The molecule has 0 N–H and O–H groups in total. The van der Waals surface area contributed by atoms with E-state index < -0.39 is 28.9 Å². The third-order valence-electron chi connectivity index (χ3n) is 3.86. The SMILES string of the molecule is O=C1CSC(c2ccc(C(F)(F)F)cc2)N1c1ccc(C(F)(F)F)cc1. The van der Waals surface area contributed by atoms with Crippen LogP contribution >= 0.6 is 11.8 Å². The summed E-state index contributed by atoms with van der Waals surface area (Å²) in [5, 5.41) is -0.596. The normalized spacial score (nSPS) is 18.5. The van der Waals surface area contributed by atoms with Crippen LogP contribution in [0.15, 0.2) is 48.5 Å². The highest BCUT2D eigenvalue weighted by Crippen LogP contribution is 2.43. The van der Waals surface area contributed by atoms with Crippen molar-refractivity contribution in [3.63, 3.8) is 0 Å². The molecular weight excluding hydrogens is 380 g/mol. The zero-order valence-electron chi connectivity index (χ0n) is 12.9. The first-order chi connectivity index (χ1) is 12.1. The van der Waals surface area contributed by atoms with E-state index in [-0.39, 0.29) is 17.3 Å². The molecule has 1 heterocycles. The molecule has 0 aromatic heterocycles. The molecule has 9 heteroatoms. The molecule has 1 unspecified atom stereocenters. The standard InChI is InChI=1S/C17H11F6NOS/c18-16(19,20)11-3-1-10(2-4-11)15-24(14(25)9-26-15)13-7-5-12(6-8-13)17(21,22)23/h1-8,15H,9H2. The minimum atomic E-state index is -4.49. The fraction of sp³-hybridized carbons (Fsp3) is 0.235. The van der Waals surface area contributed by atoms with Crippen LogP contribution < -0.4 is 4.90 Å². The summed E-state index contributed by atoms with van der Waals surface area (Å²) in [7, 11) is 0. The second kappa shape index (κ2) is 6.53. The molecule has 2 aromatic rings. The number of hydrogen-bond acceptors (Lipinski definition) is 2. The minimum Gasteiger partial charge on any atom is -0.295 e. The number of anilines is 1. The Kier molecular flexibility index (Phi) is 4.68. The molecule has 3 rings (SSSR count). The molecule has 138 valence electrons. The molecule has 0 bridgehead atoms. The molecule has 1 atom stereocenters. The Balaban J connectivity index is 1.90. The molecule has 1 fully saturated rings. The van der Waals surface area contributed by atoms with Gasteiger partial charge in [-0.1, -0.05) is 12.1 Å². The number of halogens is 6. The van der Waals surface area contributed by atoms with Crippen molar-refractivity contribution in [2.24, 2.45) is 0 Å². The molecule has 0 radical (unpaired) electrons. The lowest BCUT2D eigenvalue weighted by molar-refractivity contribution is -0.138. The maximum absolute atomic E-state index is 12.7. The lowest BCUT2D eigenvalue weighted by Crippen LogP contribution is -2.27. The Morgan fingerprint density at radius 3 is 1.73 bits per heavy atom. The lowest BCUT2D eigenvalue weighted by atomic mass is 10.1. The van der Waals surface area contributed by atoms with Gasteiger partial charge in [-0.25, -0.2) is 0 Å². The first-order valence-corrected chi connectivity index (χ1v) is 8.40. The molecule has 1 amide bonds. The molecule has 2 nitrogen and oxygen atoms in total. The van der Waals surface area contributed by atoms with E-state index in [1.165, 1.54) is 40.9 Å². The smallest absolute Gasteiger partial charge is 0.295 e. The van der Waals surface area contributed by atoms with E-state index >= 15 is 0 Å². The summed E-state index contributed by atoms with van der Waals surface area (Å²) in [5.74, 6) is -0.230. The van der Waals surface area contributed by atoms with Crippen molar-refractivity contribution in [2.75, 3.05) is 10.7 Å². The van der Waals surface area contributed by atoms with Gasteiger partial charge in [-0.2, -0.15) is 26.3 Å². The molecular formula is C17H11F6NOS. The van der Waals surface area contributed by atoms with Gasteiger partial charge in [0, 0.05) is 5.69 Å². The van der Waals surface area contributed by atoms with Crippen molar-refractivity contribution in [1.29, 1.82) is 0 Å². The van der Waals surface area contributed by atoms with Crippen LogP contribution in [0.5, 0.6) is 0 Å². The number of carbonyl (C=O) groups excluding carboxylic acids is 1. The number of alkyl halides is 6. The maximum atomic E-state index is 12.7. The predicted molar refractivity (Wildman–Crippen MR) is 85.6 cm³/mol. The number of benzene rings is 2. The Morgan fingerprint density at radius 1 is 0.808 bits per heavy atom. The number of hydrogen-bond donors (Lipinski definition) is 0. The van der Waals surface area contributed by atoms with Crippen molar-refractivity contribution < 1.29 is 31.1 Å². The van der Waals surface area contributed by atoms with E-state index in [9.17, 15) is 31.1 Å². The third kappa shape index (κ3) is 3.67. The van der Waals surface area contributed by atoms with Crippen molar-refractivity contribution in [1.82, 2.24) is 0 Å². The number of thioether (sulfide) groups is 1. The second-order valence-electron chi connectivity index (χ2n) is 5.59. The molecule has 1 aliphatic rings. The average Bonchev–Trinajstić information content (AvgIpc) is 2.95. The molecule has 2 aromatic carbocycles. The first kappa shape index (κ1) is 18.6. The summed E-state index contributed by atoms with van der Waals surface area (Å²) in [6, 6.07) is 8.50. The quantitative estimate of drug-likeness (QED) is 0.630. The number of rotatable bonds is 2. The summed E-state index contributed by atoms with van der Waals surface area (Å²) < 4.78 is 76.0. The van der Waals surface area contributed by atoms with Crippen LogP contribution in [0.2, 0.25) is 0 Å². The van der Waals surface area contributed by atoms with E-state index in [4.69, 9.17) is 0 Å². The van der Waals surface area contributed by atoms with E-state index in [0.717, 1.165) is 24.3 Å². The zero-order valence-corrected chi connectivity index (χ0v) is 13.8. The van der Waals surface area contributed by atoms with Gasteiger partial charge in [0.2, 0.25) is 5.91 Å². The average molecular weight is 391 g/mol. The van der Waals surface area contributed by atoms with Crippen LogP contribution in [0.25, 0.3) is 0 Å². The molecule has 1 aliphatic heterocycles. The van der Waals surface area contributed by atoms with Gasteiger partial charge in [-0.3, -0.25) is 9.69 Å². The van der Waals surface area contributed by atoms with Gasteiger partial charge in [-0.15, -0.1) is 11.8 Å². The number of nitrogens with zero attached hydrogens (tertiary/aromatic N) is 1. The Bertz CT molecular complexity index is 798. The van der Waals surface area contributed by atoms with Crippen molar-refractivity contribution in [3.05, 3.63) is 65.2 Å². The first-order valence-electron chi connectivity index (χ1n) is 7.35. The van der Waals surface area contributed by atoms with Crippen LogP contribution in [-0.2, 0) is 17.1 Å². The number of amides is 1. The fourth-order valence-corrected chi connectivity index (χ4v) is 3.77. The molecule has 1 saturated heterocycles. The summed E-state index contributed by atoms with van der Waals surface area (Å²) in [5.41, 5.74) is -0.921. The van der Waals surface area contributed by atoms with Gasteiger partial charge in [0.15, 0.2) is 0 Å². The zero-order chi connectivity index (χ0) is 19.1. The Morgan fingerprint density at radius 2 is 1.27 bits per heavy atom. The summed E-state index contributed by atoms with van der Waals surface area (Å²) in [4.78, 5) is 13.5. The van der Waals surface area contributed by atoms with Gasteiger partial charge >= 0.3 is 12.4 Å². The minimum absolute atomic E-state index is 0.0900.